The van der Waals surface area contributed by atoms with Crippen molar-refractivity contribution in [3.05, 3.63) is 53.2 Å². The van der Waals surface area contributed by atoms with Crippen molar-refractivity contribution < 1.29 is 13.5 Å². The molecular formula is C36H38F2N6O. The van der Waals surface area contributed by atoms with Crippen molar-refractivity contribution >= 4 is 27.5 Å². The van der Waals surface area contributed by atoms with Crippen molar-refractivity contribution in [1.29, 1.82) is 0 Å². The summed E-state index contributed by atoms with van der Waals surface area (Å²) in [6, 6.07) is 9.20. The largest absolute Gasteiger partial charge is 0.461 e. The number of nitrogens with zero attached hydrogens (tertiary/aromatic N) is 5. The molecule has 7 nitrogen and oxygen atoms in total. The molecule has 2 aromatic heterocycles. The number of aryl methyl sites for hydroxylation is 1. The molecule has 0 spiro atoms. The first-order valence-corrected chi connectivity index (χ1v) is 16.5. The maximum Gasteiger partial charge on any atom is 0.319 e. The lowest BCUT2D eigenvalue weighted by Crippen LogP contribution is -2.57. The number of anilines is 1. The molecule has 4 aromatic rings. The monoisotopic (exact) mass is 608 g/mol. The molecule has 1 N–H and O–H groups in total. The number of piperazine rings is 1. The number of halogens is 2. The molecule has 2 atom stereocenters. The van der Waals surface area contributed by atoms with Crippen molar-refractivity contribution in [2.75, 3.05) is 37.7 Å². The van der Waals surface area contributed by atoms with E-state index in [1.807, 2.05) is 12.1 Å². The molecule has 4 aliphatic rings. The topological polar surface area (TPSA) is 66.4 Å². The molecule has 45 heavy (non-hydrogen) atoms. The number of pyridine rings is 1. The van der Waals surface area contributed by atoms with Gasteiger partial charge in [-0.2, -0.15) is 9.97 Å². The van der Waals surface area contributed by atoms with Crippen LogP contribution in [-0.2, 0) is 6.42 Å². The van der Waals surface area contributed by atoms with Crippen LogP contribution in [0.3, 0.4) is 0 Å². The average molecular weight is 609 g/mol. The first-order valence-electron chi connectivity index (χ1n) is 16.5. The molecule has 3 fully saturated rings. The van der Waals surface area contributed by atoms with Crippen LogP contribution in [0.15, 0.2) is 30.3 Å². The third kappa shape index (κ3) is 4.64. The lowest BCUT2D eigenvalue weighted by molar-refractivity contribution is 0.108. The second-order valence-corrected chi connectivity index (χ2v) is 13.2. The summed E-state index contributed by atoms with van der Waals surface area (Å²) < 4.78 is 38.5. The SMILES string of the molecule is C#Cc1c(F)ccc2cccc(-c3nc4c5c(nc(OCC67CCCN6CCC7)nc5c3F)N3C[C@@H](CC)NCC3CCC4)c12. The van der Waals surface area contributed by atoms with Crippen LogP contribution in [0.4, 0.5) is 14.6 Å². The fourth-order valence-electron chi connectivity index (χ4n) is 8.35. The van der Waals surface area contributed by atoms with Gasteiger partial charge in [0.25, 0.3) is 0 Å². The summed E-state index contributed by atoms with van der Waals surface area (Å²) in [6.07, 6.45) is 13.8. The minimum Gasteiger partial charge on any atom is -0.461 e. The van der Waals surface area contributed by atoms with Crippen molar-refractivity contribution in [3.8, 4) is 29.6 Å². The molecule has 3 saturated heterocycles. The highest BCUT2D eigenvalue weighted by molar-refractivity contribution is 6.02. The predicted octanol–water partition coefficient (Wildman–Crippen LogP) is 6.00. The average Bonchev–Trinajstić information content (AvgIpc) is 3.64. The third-order valence-electron chi connectivity index (χ3n) is 10.7. The highest BCUT2D eigenvalue weighted by Gasteiger charge is 2.45. The Morgan fingerprint density at radius 1 is 1.07 bits per heavy atom. The molecule has 1 unspecified atom stereocenters. The molecule has 2 aromatic carbocycles. The molecule has 0 saturated carbocycles. The zero-order valence-corrected chi connectivity index (χ0v) is 25.7. The molecule has 0 radical (unpaired) electrons. The molecular weight excluding hydrogens is 570 g/mol. The van der Waals surface area contributed by atoms with E-state index in [9.17, 15) is 4.39 Å². The Labute approximate surface area is 262 Å². The van der Waals surface area contributed by atoms with E-state index in [0.717, 1.165) is 82.2 Å². The zero-order valence-electron chi connectivity index (χ0n) is 25.7. The first kappa shape index (κ1) is 28.6. The van der Waals surface area contributed by atoms with Gasteiger partial charge in [0.15, 0.2) is 5.82 Å². The standard InChI is InChI=1S/C36H38F2N6O/c1-3-23-20-44-24(19-39-23)10-6-12-28-30-33(41-35(42-34(30)44)45-21-36-15-7-17-43(36)18-8-16-36)31(38)32(40-28)26-11-5-9-22-13-14-27(37)25(4-2)29(22)26/h2,5,9,11,13-14,23-24,39H,3,6-8,10,12,15-21H2,1H3/t23-,24?/m1/s1. The normalized spacial score (nSPS) is 22.6. The third-order valence-corrected chi connectivity index (χ3v) is 10.7. The highest BCUT2D eigenvalue weighted by Crippen LogP contribution is 2.42. The molecule has 0 aliphatic carbocycles. The van der Waals surface area contributed by atoms with Gasteiger partial charge in [-0.1, -0.05) is 37.1 Å². The number of aromatic nitrogens is 3. The first-order chi connectivity index (χ1) is 22.0. The van der Waals surface area contributed by atoms with E-state index < -0.39 is 11.6 Å². The summed E-state index contributed by atoms with van der Waals surface area (Å²) >= 11 is 0. The van der Waals surface area contributed by atoms with Gasteiger partial charge in [-0.3, -0.25) is 4.90 Å². The van der Waals surface area contributed by atoms with Crippen LogP contribution in [-0.4, -0.2) is 70.3 Å². The van der Waals surface area contributed by atoms with Crippen molar-refractivity contribution in [3.63, 3.8) is 0 Å². The number of fused-ring (bicyclic) bond motifs is 4. The molecule has 0 bridgehead atoms. The van der Waals surface area contributed by atoms with Crippen LogP contribution in [0.25, 0.3) is 32.9 Å². The number of terminal acetylenes is 1. The molecule has 6 heterocycles. The molecule has 0 amide bonds. The number of hydrogen-bond donors (Lipinski definition) is 1. The van der Waals surface area contributed by atoms with Crippen LogP contribution in [0, 0.1) is 24.0 Å². The van der Waals surface area contributed by atoms with E-state index in [1.54, 1.807) is 12.1 Å². The van der Waals surface area contributed by atoms with Gasteiger partial charge in [0.05, 0.1) is 22.2 Å². The van der Waals surface area contributed by atoms with Crippen LogP contribution < -0.4 is 15.0 Å². The van der Waals surface area contributed by atoms with Gasteiger partial charge in [-0.15, -0.1) is 6.42 Å². The summed E-state index contributed by atoms with van der Waals surface area (Å²) in [6.45, 7) is 6.46. The second kappa shape index (κ2) is 11.2. The Kier molecular flexibility index (Phi) is 7.10. The van der Waals surface area contributed by atoms with Crippen LogP contribution >= 0.6 is 0 Å². The van der Waals surface area contributed by atoms with E-state index in [4.69, 9.17) is 26.1 Å². The summed E-state index contributed by atoms with van der Waals surface area (Å²) in [7, 11) is 0. The summed E-state index contributed by atoms with van der Waals surface area (Å²) in [5.41, 5.74) is 1.63. The van der Waals surface area contributed by atoms with E-state index in [-0.39, 0.29) is 34.4 Å². The van der Waals surface area contributed by atoms with Gasteiger partial charge in [0.1, 0.15) is 29.5 Å². The fourth-order valence-corrected chi connectivity index (χ4v) is 8.35. The lowest BCUT2D eigenvalue weighted by atomic mass is 9.94. The summed E-state index contributed by atoms with van der Waals surface area (Å²) in [5.74, 6) is 2.11. The number of nitrogens with one attached hydrogen (secondary N) is 1. The van der Waals surface area contributed by atoms with Gasteiger partial charge in [-0.05, 0) is 75.9 Å². The summed E-state index contributed by atoms with van der Waals surface area (Å²) in [5, 5.41) is 5.54. The quantitative estimate of drug-likeness (QED) is 0.279. The number of hydrogen-bond acceptors (Lipinski definition) is 7. The Balaban J connectivity index is 1.34. The van der Waals surface area contributed by atoms with E-state index in [2.05, 4.69) is 28.0 Å². The van der Waals surface area contributed by atoms with Crippen molar-refractivity contribution in [1.82, 2.24) is 25.2 Å². The zero-order chi connectivity index (χ0) is 30.7. The predicted molar refractivity (Wildman–Crippen MR) is 173 cm³/mol. The molecule has 8 rings (SSSR count). The van der Waals surface area contributed by atoms with Crippen LogP contribution in [0.5, 0.6) is 6.01 Å². The van der Waals surface area contributed by atoms with Gasteiger partial charge in [-0.25, -0.2) is 13.8 Å². The van der Waals surface area contributed by atoms with Crippen LogP contribution in [0.2, 0.25) is 0 Å². The number of benzene rings is 2. The highest BCUT2D eigenvalue weighted by atomic mass is 19.1. The molecule has 232 valence electrons. The Morgan fingerprint density at radius 2 is 1.91 bits per heavy atom. The second-order valence-electron chi connectivity index (χ2n) is 13.2. The lowest BCUT2D eigenvalue weighted by Gasteiger charge is -2.42. The van der Waals surface area contributed by atoms with Crippen LogP contribution in [0.1, 0.15) is 63.1 Å². The Morgan fingerprint density at radius 3 is 2.71 bits per heavy atom. The number of ether oxygens (including phenoxy) is 1. The fraction of sp³-hybridized carbons (Fsp3) is 0.472. The molecule has 9 heteroatoms. The maximum absolute atomic E-state index is 17.1. The van der Waals surface area contributed by atoms with Crippen molar-refractivity contribution in [2.45, 2.75) is 75.9 Å². The van der Waals surface area contributed by atoms with Gasteiger partial charge < -0.3 is 15.0 Å². The van der Waals surface area contributed by atoms with Gasteiger partial charge in [0, 0.05) is 36.1 Å². The molecule has 4 aliphatic heterocycles. The van der Waals surface area contributed by atoms with E-state index >= 15 is 4.39 Å². The van der Waals surface area contributed by atoms with Crippen molar-refractivity contribution in [2.24, 2.45) is 0 Å². The Hall–Kier alpha value is -3.87. The summed E-state index contributed by atoms with van der Waals surface area (Å²) in [4.78, 5) is 19.7. The van der Waals surface area contributed by atoms with Gasteiger partial charge in [0.2, 0.25) is 0 Å². The van der Waals surface area contributed by atoms with E-state index in [0.29, 0.717) is 41.2 Å². The Bertz CT molecular complexity index is 1840. The smallest absolute Gasteiger partial charge is 0.319 e. The number of rotatable bonds is 5. The van der Waals surface area contributed by atoms with Gasteiger partial charge >= 0.3 is 6.01 Å². The maximum atomic E-state index is 17.1. The van der Waals surface area contributed by atoms with E-state index in [1.165, 1.54) is 6.07 Å². The minimum absolute atomic E-state index is 0.000559. The minimum atomic E-state index is -0.567.